The van der Waals surface area contributed by atoms with E-state index in [0.29, 0.717) is 25.9 Å². The standard InChI is InChI=1S/C28H44N2O6/c1-6-9-11-12-17-35-27(34)22-21-13-14-28(36-21)23(22)25(32)30(20(18-31)19(4)5)24(28)26(33)29(15-8-3)16-10-7-2/h6,8,19-24,31H,1,3,7,9-18H2,2,4-5H3/t20-,21-,22+,23-,24?,28?/m0/s1. The number of amides is 2. The molecule has 0 saturated carbocycles. The average Bonchev–Trinajstić information content (AvgIpc) is 3.49. The fourth-order valence-electron chi connectivity index (χ4n) is 6.24. The fourth-order valence-corrected chi connectivity index (χ4v) is 6.24. The number of hydrogen-bond acceptors (Lipinski definition) is 6. The summed E-state index contributed by atoms with van der Waals surface area (Å²) in [7, 11) is 0. The molecule has 3 heterocycles. The van der Waals surface area contributed by atoms with Crippen molar-refractivity contribution in [1.29, 1.82) is 0 Å². The number of ether oxygens (including phenoxy) is 2. The molecule has 202 valence electrons. The number of rotatable bonds is 15. The second-order valence-electron chi connectivity index (χ2n) is 10.7. The van der Waals surface area contributed by atoms with Crippen LogP contribution in [0.3, 0.4) is 0 Å². The van der Waals surface area contributed by atoms with E-state index in [2.05, 4.69) is 20.1 Å². The Morgan fingerprint density at radius 2 is 2.03 bits per heavy atom. The molecule has 3 fully saturated rings. The predicted molar refractivity (Wildman–Crippen MR) is 137 cm³/mol. The van der Waals surface area contributed by atoms with Crippen LogP contribution >= 0.6 is 0 Å². The number of aliphatic hydroxyl groups excluding tert-OH is 1. The van der Waals surface area contributed by atoms with Crippen molar-refractivity contribution in [1.82, 2.24) is 9.80 Å². The van der Waals surface area contributed by atoms with E-state index < -0.39 is 41.6 Å². The molecule has 2 unspecified atom stereocenters. The molecular formula is C28H44N2O6. The minimum absolute atomic E-state index is 0.0829. The Kier molecular flexibility index (Phi) is 9.75. The van der Waals surface area contributed by atoms with Crippen LogP contribution in [-0.4, -0.2) is 82.8 Å². The number of carbonyl (C=O) groups is 3. The number of unbranched alkanes of at least 4 members (excludes halogenated alkanes) is 3. The third-order valence-electron chi connectivity index (χ3n) is 8.05. The second kappa shape index (κ2) is 12.4. The summed E-state index contributed by atoms with van der Waals surface area (Å²) < 4.78 is 12.1. The normalized spacial score (nSPS) is 29.4. The van der Waals surface area contributed by atoms with Gasteiger partial charge in [-0.3, -0.25) is 14.4 Å². The molecule has 3 rings (SSSR count). The van der Waals surface area contributed by atoms with Crippen LogP contribution in [0.5, 0.6) is 0 Å². The molecule has 3 aliphatic heterocycles. The van der Waals surface area contributed by atoms with Gasteiger partial charge in [-0.15, -0.1) is 13.2 Å². The lowest BCUT2D eigenvalue weighted by molar-refractivity contribution is -0.157. The van der Waals surface area contributed by atoms with Crippen molar-refractivity contribution in [3.8, 4) is 0 Å². The van der Waals surface area contributed by atoms with Gasteiger partial charge in [-0.1, -0.05) is 39.3 Å². The van der Waals surface area contributed by atoms with Gasteiger partial charge in [-0.05, 0) is 44.4 Å². The van der Waals surface area contributed by atoms with Crippen LogP contribution in [0, 0.1) is 17.8 Å². The Labute approximate surface area is 215 Å². The predicted octanol–water partition coefficient (Wildman–Crippen LogP) is 3.09. The lowest BCUT2D eigenvalue weighted by Crippen LogP contribution is -2.59. The first-order chi connectivity index (χ1) is 17.3. The molecular weight excluding hydrogens is 460 g/mol. The van der Waals surface area contributed by atoms with Crippen molar-refractivity contribution in [3.05, 3.63) is 25.3 Å². The summed E-state index contributed by atoms with van der Waals surface area (Å²) in [6.45, 7) is 14.4. The molecule has 8 nitrogen and oxygen atoms in total. The quantitative estimate of drug-likeness (QED) is 0.209. The molecule has 3 saturated heterocycles. The highest BCUT2D eigenvalue weighted by molar-refractivity contribution is 5.98. The van der Waals surface area contributed by atoms with Crippen molar-refractivity contribution < 1.29 is 29.0 Å². The van der Waals surface area contributed by atoms with Gasteiger partial charge >= 0.3 is 5.97 Å². The highest BCUT2D eigenvalue weighted by Crippen LogP contribution is 2.59. The number of carbonyl (C=O) groups excluding carboxylic acids is 3. The van der Waals surface area contributed by atoms with Gasteiger partial charge in [-0.25, -0.2) is 0 Å². The molecule has 36 heavy (non-hydrogen) atoms. The minimum Gasteiger partial charge on any atom is -0.465 e. The van der Waals surface area contributed by atoms with E-state index in [9.17, 15) is 19.5 Å². The van der Waals surface area contributed by atoms with Crippen LogP contribution in [0.15, 0.2) is 25.3 Å². The van der Waals surface area contributed by atoms with Crippen LogP contribution < -0.4 is 0 Å². The van der Waals surface area contributed by atoms with Crippen molar-refractivity contribution in [3.63, 3.8) is 0 Å². The van der Waals surface area contributed by atoms with Gasteiger partial charge in [-0.2, -0.15) is 0 Å². The maximum absolute atomic E-state index is 14.1. The molecule has 8 heteroatoms. The van der Waals surface area contributed by atoms with Crippen molar-refractivity contribution in [2.24, 2.45) is 17.8 Å². The zero-order chi connectivity index (χ0) is 26.5. The average molecular weight is 505 g/mol. The lowest BCUT2D eigenvalue weighted by atomic mass is 9.70. The summed E-state index contributed by atoms with van der Waals surface area (Å²) in [5.41, 5.74) is -1.08. The maximum atomic E-state index is 14.1. The van der Waals surface area contributed by atoms with Gasteiger partial charge in [0.1, 0.15) is 11.6 Å². The third-order valence-corrected chi connectivity index (χ3v) is 8.05. The van der Waals surface area contributed by atoms with Gasteiger partial charge in [0.05, 0.1) is 37.2 Å². The molecule has 6 atom stereocenters. The molecule has 1 spiro atoms. The van der Waals surface area contributed by atoms with Crippen molar-refractivity contribution in [2.75, 3.05) is 26.3 Å². The van der Waals surface area contributed by atoms with Crippen LogP contribution in [0.1, 0.15) is 65.7 Å². The first-order valence-electron chi connectivity index (χ1n) is 13.6. The molecule has 3 aliphatic rings. The third kappa shape index (κ3) is 5.12. The monoisotopic (exact) mass is 504 g/mol. The molecule has 0 aromatic carbocycles. The number of fused-ring (bicyclic) bond motifs is 1. The summed E-state index contributed by atoms with van der Waals surface area (Å²) in [4.78, 5) is 44.7. The SMILES string of the molecule is C=CCCCCOC(=O)[C@@H]1[C@@H]2CCC3(O2)C(C(=O)N(CC=C)CCCC)N([C@@H](CO)C(C)C)C(=O)[C@H]13. The summed E-state index contributed by atoms with van der Waals surface area (Å²) >= 11 is 0. The van der Waals surface area contributed by atoms with E-state index in [1.165, 1.54) is 0 Å². The Morgan fingerprint density at radius 3 is 2.64 bits per heavy atom. The number of allylic oxidation sites excluding steroid dienone is 1. The molecule has 0 aromatic heterocycles. The summed E-state index contributed by atoms with van der Waals surface area (Å²) in [6.07, 6.45) is 8.41. The van der Waals surface area contributed by atoms with Crippen molar-refractivity contribution >= 4 is 17.8 Å². The van der Waals surface area contributed by atoms with Gasteiger partial charge < -0.3 is 24.4 Å². The molecule has 2 amide bonds. The zero-order valence-corrected chi connectivity index (χ0v) is 22.2. The molecule has 0 aliphatic carbocycles. The van der Waals surface area contributed by atoms with Crippen molar-refractivity contribution in [2.45, 2.75) is 89.5 Å². The van der Waals surface area contributed by atoms with Crippen LogP contribution in [0.2, 0.25) is 0 Å². The molecule has 0 radical (unpaired) electrons. The Bertz CT molecular complexity index is 829. The first-order valence-corrected chi connectivity index (χ1v) is 13.6. The highest BCUT2D eigenvalue weighted by Gasteiger charge is 2.75. The smallest absolute Gasteiger partial charge is 0.312 e. The van der Waals surface area contributed by atoms with E-state index in [4.69, 9.17) is 9.47 Å². The van der Waals surface area contributed by atoms with Gasteiger partial charge in [0, 0.05) is 13.1 Å². The van der Waals surface area contributed by atoms with Crippen LogP contribution in [0.25, 0.3) is 0 Å². The molecule has 2 bridgehead atoms. The Morgan fingerprint density at radius 1 is 1.28 bits per heavy atom. The second-order valence-corrected chi connectivity index (χ2v) is 10.7. The number of aliphatic hydroxyl groups is 1. The summed E-state index contributed by atoms with van der Waals surface area (Å²) in [5.74, 6) is -2.51. The van der Waals surface area contributed by atoms with E-state index in [0.717, 1.165) is 32.1 Å². The first kappa shape index (κ1) is 28.4. The maximum Gasteiger partial charge on any atom is 0.312 e. The van der Waals surface area contributed by atoms with Gasteiger partial charge in [0.2, 0.25) is 11.8 Å². The van der Waals surface area contributed by atoms with E-state index >= 15 is 0 Å². The lowest BCUT2D eigenvalue weighted by Gasteiger charge is -2.40. The molecule has 0 aromatic rings. The number of esters is 1. The van der Waals surface area contributed by atoms with E-state index in [1.807, 2.05) is 19.9 Å². The Balaban J connectivity index is 1.95. The molecule has 1 N–H and O–H groups in total. The fraction of sp³-hybridized carbons (Fsp3) is 0.750. The summed E-state index contributed by atoms with van der Waals surface area (Å²) in [5, 5.41) is 10.3. The highest BCUT2D eigenvalue weighted by atomic mass is 16.6. The number of nitrogens with zero attached hydrogens (tertiary/aromatic N) is 2. The van der Waals surface area contributed by atoms with Gasteiger partial charge in [0.25, 0.3) is 0 Å². The van der Waals surface area contributed by atoms with Gasteiger partial charge in [0.15, 0.2) is 0 Å². The largest absolute Gasteiger partial charge is 0.465 e. The number of likely N-dealkylation sites (tertiary alicyclic amines) is 1. The van der Waals surface area contributed by atoms with E-state index in [-0.39, 0.29) is 30.9 Å². The van der Waals surface area contributed by atoms with E-state index in [1.54, 1.807) is 15.9 Å². The number of hydrogen-bond donors (Lipinski definition) is 1. The topological polar surface area (TPSA) is 96.4 Å². The minimum atomic E-state index is -1.08. The summed E-state index contributed by atoms with van der Waals surface area (Å²) in [6, 6.07) is -1.44. The zero-order valence-electron chi connectivity index (χ0n) is 22.2. The van der Waals surface area contributed by atoms with Crippen LogP contribution in [0.4, 0.5) is 0 Å². The van der Waals surface area contributed by atoms with Crippen LogP contribution in [-0.2, 0) is 23.9 Å². The Hall–Kier alpha value is -2.19.